The number of pyridine rings is 1. The van der Waals surface area contributed by atoms with E-state index in [0.717, 1.165) is 24.5 Å². The van der Waals surface area contributed by atoms with E-state index in [-0.39, 0.29) is 18.1 Å². The van der Waals surface area contributed by atoms with Crippen molar-refractivity contribution < 1.29 is 9.53 Å². The minimum atomic E-state index is -0.234. The summed E-state index contributed by atoms with van der Waals surface area (Å²) < 4.78 is 7.44. The van der Waals surface area contributed by atoms with E-state index in [1.807, 2.05) is 26.1 Å². The fourth-order valence-corrected chi connectivity index (χ4v) is 3.04. The van der Waals surface area contributed by atoms with Crippen molar-refractivity contribution in [2.75, 3.05) is 23.3 Å². The fraction of sp³-hybridized carbons (Fsp3) is 0.471. The number of aryl methyl sites for hydroxylation is 2. The Morgan fingerprint density at radius 2 is 2.04 bits per heavy atom. The number of anilines is 2. The number of hydrogen-bond donors (Lipinski definition) is 1. The van der Waals surface area contributed by atoms with Crippen LogP contribution in [-0.4, -0.2) is 46.0 Å². The van der Waals surface area contributed by atoms with Gasteiger partial charge >= 0.3 is 0 Å². The largest absolute Gasteiger partial charge is 0.372 e. The molecule has 0 saturated carbocycles. The first-order chi connectivity index (χ1) is 11.4. The third kappa shape index (κ3) is 3.56. The summed E-state index contributed by atoms with van der Waals surface area (Å²) in [6.07, 6.45) is 3.78. The van der Waals surface area contributed by atoms with Crippen LogP contribution < -0.4 is 10.2 Å². The summed E-state index contributed by atoms with van der Waals surface area (Å²) in [5.41, 5.74) is 2.85. The molecule has 0 aromatic carbocycles. The van der Waals surface area contributed by atoms with E-state index >= 15 is 0 Å². The standard InChI is InChI=1S/C17H23N5O2/c1-11-8-22(9-12(2)24-11)14-5-6-18-15(7-14)17(23)19-16-10-21(4)20-13(16)3/h5-7,10-12H,8-9H2,1-4H3,(H,19,23)/t11-,12+. The Bertz CT molecular complexity index is 732. The average molecular weight is 329 g/mol. The van der Waals surface area contributed by atoms with Crippen LogP contribution in [0.3, 0.4) is 0 Å². The summed E-state index contributed by atoms with van der Waals surface area (Å²) >= 11 is 0. The lowest BCUT2D eigenvalue weighted by atomic mass is 10.2. The van der Waals surface area contributed by atoms with Crippen LogP contribution in [0, 0.1) is 6.92 Å². The lowest BCUT2D eigenvalue weighted by molar-refractivity contribution is -0.00522. The van der Waals surface area contributed by atoms with Gasteiger partial charge in [0.1, 0.15) is 5.69 Å². The number of nitrogens with zero attached hydrogens (tertiary/aromatic N) is 4. The van der Waals surface area contributed by atoms with Crippen LogP contribution >= 0.6 is 0 Å². The Hall–Kier alpha value is -2.41. The summed E-state index contributed by atoms with van der Waals surface area (Å²) in [6.45, 7) is 7.58. The smallest absolute Gasteiger partial charge is 0.274 e. The Kier molecular flexibility index (Phi) is 4.53. The molecule has 2 atom stereocenters. The van der Waals surface area contributed by atoms with Crippen molar-refractivity contribution in [2.45, 2.75) is 33.0 Å². The molecule has 1 amide bonds. The molecule has 3 rings (SSSR count). The molecule has 1 saturated heterocycles. The van der Waals surface area contributed by atoms with Gasteiger partial charge in [0.25, 0.3) is 5.91 Å². The van der Waals surface area contributed by atoms with E-state index in [1.54, 1.807) is 17.1 Å². The highest BCUT2D eigenvalue weighted by molar-refractivity contribution is 6.03. The van der Waals surface area contributed by atoms with Crippen molar-refractivity contribution in [3.63, 3.8) is 0 Å². The number of ether oxygens (including phenoxy) is 1. The monoisotopic (exact) mass is 329 g/mol. The molecule has 7 heteroatoms. The molecule has 24 heavy (non-hydrogen) atoms. The van der Waals surface area contributed by atoms with E-state index in [1.165, 1.54) is 0 Å². The third-order valence-corrected chi connectivity index (χ3v) is 4.02. The first-order valence-corrected chi connectivity index (χ1v) is 8.10. The highest BCUT2D eigenvalue weighted by atomic mass is 16.5. The molecule has 0 spiro atoms. The van der Waals surface area contributed by atoms with Crippen LogP contribution in [0.15, 0.2) is 24.5 Å². The van der Waals surface area contributed by atoms with Gasteiger partial charge in [-0.05, 0) is 32.9 Å². The minimum Gasteiger partial charge on any atom is -0.372 e. The maximum Gasteiger partial charge on any atom is 0.274 e. The molecule has 0 aliphatic carbocycles. The zero-order valence-corrected chi connectivity index (χ0v) is 14.5. The van der Waals surface area contributed by atoms with E-state index in [4.69, 9.17) is 4.74 Å². The van der Waals surface area contributed by atoms with Gasteiger partial charge in [0.2, 0.25) is 0 Å². The molecular formula is C17H23N5O2. The first-order valence-electron chi connectivity index (χ1n) is 8.10. The zero-order chi connectivity index (χ0) is 17.3. The van der Waals surface area contributed by atoms with Crippen LogP contribution in [0.1, 0.15) is 30.0 Å². The van der Waals surface area contributed by atoms with Gasteiger partial charge < -0.3 is 15.0 Å². The zero-order valence-electron chi connectivity index (χ0n) is 14.5. The highest BCUT2D eigenvalue weighted by Gasteiger charge is 2.23. The first kappa shape index (κ1) is 16.4. The molecule has 0 unspecified atom stereocenters. The van der Waals surface area contributed by atoms with Gasteiger partial charge in [-0.2, -0.15) is 5.10 Å². The average Bonchev–Trinajstić information content (AvgIpc) is 2.84. The Balaban J connectivity index is 1.77. The van der Waals surface area contributed by atoms with Crippen LogP contribution in [0.5, 0.6) is 0 Å². The van der Waals surface area contributed by atoms with Crippen LogP contribution in [0.4, 0.5) is 11.4 Å². The van der Waals surface area contributed by atoms with Crippen LogP contribution in [-0.2, 0) is 11.8 Å². The van der Waals surface area contributed by atoms with Crippen molar-refractivity contribution in [2.24, 2.45) is 7.05 Å². The molecule has 1 fully saturated rings. The van der Waals surface area contributed by atoms with Crippen molar-refractivity contribution in [1.29, 1.82) is 0 Å². The maximum absolute atomic E-state index is 12.5. The summed E-state index contributed by atoms with van der Waals surface area (Å²) in [7, 11) is 1.82. The number of carbonyl (C=O) groups excluding carboxylic acids is 1. The predicted molar refractivity (Wildman–Crippen MR) is 92.4 cm³/mol. The topological polar surface area (TPSA) is 72.3 Å². The van der Waals surface area contributed by atoms with Crippen LogP contribution in [0.2, 0.25) is 0 Å². The predicted octanol–water partition coefficient (Wildman–Crippen LogP) is 1.99. The van der Waals surface area contributed by atoms with Gasteiger partial charge in [0.05, 0.1) is 23.6 Å². The minimum absolute atomic E-state index is 0.164. The molecular weight excluding hydrogens is 306 g/mol. The second kappa shape index (κ2) is 6.60. The number of morpholine rings is 1. The SMILES string of the molecule is Cc1nn(C)cc1NC(=O)c1cc(N2C[C@@H](C)O[C@@H](C)C2)ccn1. The molecule has 1 aliphatic rings. The summed E-state index contributed by atoms with van der Waals surface area (Å²) in [4.78, 5) is 18.9. The van der Waals surface area contributed by atoms with Gasteiger partial charge in [0.15, 0.2) is 0 Å². The molecule has 2 aromatic heterocycles. The van der Waals surface area contributed by atoms with E-state index in [2.05, 4.69) is 34.1 Å². The Morgan fingerprint density at radius 3 is 2.67 bits per heavy atom. The molecule has 7 nitrogen and oxygen atoms in total. The molecule has 2 aromatic rings. The van der Waals surface area contributed by atoms with Gasteiger partial charge in [-0.1, -0.05) is 0 Å². The van der Waals surface area contributed by atoms with Crippen molar-refractivity contribution >= 4 is 17.3 Å². The van der Waals surface area contributed by atoms with Gasteiger partial charge in [-0.25, -0.2) is 0 Å². The summed E-state index contributed by atoms with van der Waals surface area (Å²) in [5, 5.41) is 7.09. The van der Waals surface area contributed by atoms with Gasteiger partial charge in [0, 0.05) is 38.2 Å². The number of nitrogens with one attached hydrogen (secondary N) is 1. The molecule has 0 radical (unpaired) electrons. The molecule has 1 aliphatic heterocycles. The number of hydrogen-bond acceptors (Lipinski definition) is 5. The van der Waals surface area contributed by atoms with Crippen molar-refractivity contribution in [1.82, 2.24) is 14.8 Å². The number of carbonyl (C=O) groups is 1. The Labute approximate surface area is 141 Å². The van der Waals surface area contributed by atoms with E-state index in [0.29, 0.717) is 11.4 Å². The highest BCUT2D eigenvalue weighted by Crippen LogP contribution is 2.21. The summed E-state index contributed by atoms with van der Waals surface area (Å²) in [6, 6.07) is 3.75. The molecule has 1 N–H and O–H groups in total. The van der Waals surface area contributed by atoms with Crippen molar-refractivity contribution in [3.05, 3.63) is 35.9 Å². The molecule has 3 heterocycles. The van der Waals surface area contributed by atoms with E-state index < -0.39 is 0 Å². The number of amides is 1. The quantitative estimate of drug-likeness (QED) is 0.932. The number of rotatable bonds is 3. The fourth-order valence-electron chi connectivity index (χ4n) is 3.04. The number of aromatic nitrogens is 3. The molecule has 0 bridgehead atoms. The lowest BCUT2D eigenvalue weighted by Crippen LogP contribution is -2.45. The van der Waals surface area contributed by atoms with Crippen molar-refractivity contribution in [3.8, 4) is 0 Å². The normalized spacial score (nSPS) is 20.9. The third-order valence-electron chi connectivity index (χ3n) is 4.02. The second-order valence-corrected chi connectivity index (χ2v) is 6.32. The maximum atomic E-state index is 12.5. The molecule has 128 valence electrons. The lowest BCUT2D eigenvalue weighted by Gasteiger charge is -2.36. The second-order valence-electron chi connectivity index (χ2n) is 6.32. The van der Waals surface area contributed by atoms with Gasteiger partial charge in [-0.3, -0.25) is 14.5 Å². The Morgan fingerprint density at radius 1 is 1.33 bits per heavy atom. The van der Waals surface area contributed by atoms with E-state index in [9.17, 15) is 4.79 Å². The van der Waals surface area contributed by atoms with Gasteiger partial charge in [-0.15, -0.1) is 0 Å². The van der Waals surface area contributed by atoms with Crippen LogP contribution in [0.25, 0.3) is 0 Å². The summed E-state index contributed by atoms with van der Waals surface area (Å²) in [5.74, 6) is -0.234.